The van der Waals surface area contributed by atoms with Crippen LogP contribution in [0.5, 0.6) is 0 Å². The number of carbonyl (C=O) groups excluding carboxylic acids is 1. The average molecular weight is 343 g/mol. The fourth-order valence-electron chi connectivity index (χ4n) is 2.64. The van der Waals surface area contributed by atoms with E-state index in [1.807, 2.05) is 0 Å². The molecule has 1 aromatic carbocycles. The Hall–Kier alpha value is -1.47. The van der Waals surface area contributed by atoms with Crippen molar-refractivity contribution in [1.29, 1.82) is 0 Å². The smallest absolute Gasteiger partial charge is 0.323 e. The van der Waals surface area contributed by atoms with Crippen molar-refractivity contribution in [3.8, 4) is 0 Å². The molecule has 1 N–H and O–H groups in total. The molecule has 5 nitrogen and oxygen atoms in total. The molecule has 0 spiro atoms. The van der Waals surface area contributed by atoms with E-state index in [4.69, 9.17) is 4.74 Å². The highest BCUT2D eigenvalue weighted by atomic mass is 32.2. The normalized spacial score (nSPS) is 17.7. The van der Waals surface area contributed by atoms with Gasteiger partial charge in [0.25, 0.3) is 0 Å². The van der Waals surface area contributed by atoms with E-state index < -0.39 is 27.9 Å². The first-order chi connectivity index (χ1) is 10.9. The fraction of sp³-hybridized carbons (Fsp3) is 0.562. The molecule has 1 aliphatic carbocycles. The number of sulfonamides is 1. The number of carbonyl (C=O) groups is 1. The van der Waals surface area contributed by atoms with Crippen LogP contribution in [-0.2, 0) is 19.6 Å². The monoisotopic (exact) mass is 343 g/mol. The van der Waals surface area contributed by atoms with Crippen molar-refractivity contribution in [3.05, 3.63) is 30.1 Å². The number of hydrogen-bond donors (Lipinski definition) is 1. The standard InChI is InChI=1S/C16H22FNO4S/c1-12(16(19)22-11-13-5-3-2-4-6-13)18-23(20,21)15-9-7-14(17)8-10-15/h7-10,12-13,18H,2-6,11H2,1H3/t12-/m0/s1. The van der Waals surface area contributed by atoms with E-state index >= 15 is 0 Å². The molecule has 1 atom stereocenters. The maximum absolute atomic E-state index is 12.9. The van der Waals surface area contributed by atoms with Crippen molar-refractivity contribution in [1.82, 2.24) is 4.72 Å². The molecule has 0 amide bonds. The van der Waals surface area contributed by atoms with Gasteiger partial charge in [-0.25, -0.2) is 12.8 Å². The first kappa shape index (κ1) is 17.9. The van der Waals surface area contributed by atoms with E-state index in [1.54, 1.807) is 0 Å². The Morgan fingerprint density at radius 3 is 2.48 bits per heavy atom. The molecule has 0 heterocycles. The molecule has 0 unspecified atom stereocenters. The zero-order valence-electron chi connectivity index (χ0n) is 13.1. The number of esters is 1. The molecule has 23 heavy (non-hydrogen) atoms. The summed E-state index contributed by atoms with van der Waals surface area (Å²) in [6.45, 7) is 1.77. The van der Waals surface area contributed by atoms with Gasteiger partial charge in [-0.2, -0.15) is 4.72 Å². The van der Waals surface area contributed by atoms with Gasteiger partial charge in [-0.05, 0) is 49.9 Å². The first-order valence-corrected chi connectivity index (χ1v) is 9.31. The Kier molecular flexibility index (Phi) is 6.12. The Labute approximate surface area is 136 Å². The van der Waals surface area contributed by atoms with E-state index in [-0.39, 0.29) is 4.90 Å². The SMILES string of the molecule is C[C@H](NS(=O)(=O)c1ccc(F)cc1)C(=O)OCC1CCCCC1. The van der Waals surface area contributed by atoms with Crippen LogP contribution in [0.15, 0.2) is 29.2 Å². The molecule has 128 valence electrons. The van der Waals surface area contributed by atoms with Crippen molar-refractivity contribution >= 4 is 16.0 Å². The average Bonchev–Trinajstić information content (AvgIpc) is 2.53. The summed E-state index contributed by atoms with van der Waals surface area (Å²) in [6.07, 6.45) is 5.61. The van der Waals surface area contributed by atoms with Gasteiger partial charge in [-0.1, -0.05) is 19.3 Å². The van der Waals surface area contributed by atoms with Crippen molar-refractivity contribution in [3.63, 3.8) is 0 Å². The second-order valence-electron chi connectivity index (χ2n) is 5.93. The van der Waals surface area contributed by atoms with Gasteiger partial charge in [0.1, 0.15) is 11.9 Å². The van der Waals surface area contributed by atoms with Crippen molar-refractivity contribution in [2.45, 2.75) is 50.0 Å². The van der Waals surface area contributed by atoms with Crippen LogP contribution in [-0.4, -0.2) is 27.0 Å². The zero-order chi connectivity index (χ0) is 16.9. The third-order valence-corrected chi connectivity index (χ3v) is 5.55. The molecule has 2 rings (SSSR count). The lowest BCUT2D eigenvalue weighted by atomic mass is 9.90. The van der Waals surface area contributed by atoms with Gasteiger partial charge in [-0.15, -0.1) is 0 Å². The molecular formula is C16H22FNO4S. The highest BCUT2D eigenvalue weighted by Gasteiger charge is 2.24. The Balaban J connectivity index is 1.87. The summed E-state index contributed by atoms with van der Waals surface area (Å²) in [5.41, 5.74) is 0. The molecule has 0 bridgehead atoms. The summed E-state index contributed by atoms with van der Waals surface area (Å²) in [4.78, 5) is 11.8. The third kappa shape index (κ3) is 5.28. The van der Waals surface area contributed by atoms with Crippen molar-refractivity contribution in [2.24, 2.45) is 5.92 Å². The Bertz CT molecular complexity index is 624. The summed E-state index contributed by atoms with van der Waals surface area (Å²) in [7, 11) is -3.88. The third-order valence-electron chi connectivity index (χ3n) is 4.00. The van der Waals surface area contributed by atoms with Crippen LogP contribution >= 0.6 is 0 Å². The van der Waals surface area contributed by atoms with E-state index in [0.717, 1.165) is 49.9 Å². The molecular weight excluding hydrogens is 321 g/mol. The van der Waals surface area contributed by atoms with Crippen LogP contribution in [0.1, 0.15) is 39.0 Å². The van der Waals surface area contributed by atoms with Crippen LogP contribution in [0.25, 0.3) is 0 Å². The highest BCUT2D eigenvalue weighted by Crippen LogP contribution is 2.23. The fourth-order valence-corrected chi connectivity index (χ4v) is 3.83. The number of benzene rings is 1. The molecule has 0 aromatic heterocycles. The molecule has 1 fully saturated rings. The maximum atomic E-state index is 12.9. The summed E-state index contributed by atoms with van der Waals surface area (Å²) in [5.74, 6) is -0.751. The number of hydrogen-bond acceptors (Lipinski definition) is 4. The zero-order valence-corrected chi connectivity index (χ0v) is 13.9. The van der Waals surface area contributed by atoms with Gasteiger partial charge in [0.15, 0.2) is 0 Å². The molecule has 0 aliphatic heterocycles. The van der Waals surface area contributed by atoms with Crippen LogP contribution in [0.2, 0.25) is 0 Å². The largest absolute Gasteiger partial charge is 0.464 e. The molecule has 1 aromatic rings. The second-order valence-corrected chi connectivity index (χ2v) is 7.64. The highest BCUT2D eigenvalue weighted by molar-refractivity contribution is 7.89. The maximum Gasteiger partial charge on any atom is 0.323 e. The quantitative estimate of drug-likeness (QED) is 0.806. The Morgan fingerprint density at radius 1 is 1.26 bits per heavy atom. The topological polar surface area (TPSA) is 72.5 Å². The van der Waals surface area contributed by atoms with Gasteiger partial charge in [0.2, 0.25) is 10.0 Å². The van der Waals surface area contributed by atoms with Crippen molar-refractivity contribution in [2.75, 3.05) is 6.61 Å². The van der Waals surface area contributed by atoms with Gasteiger partial charge < -0.3 is 4.74 Å². The lowest BCUT2D eigenvalue weighted by molar-refractivity contribution is -0.146. The molecule has 7 heteroatoms. The predicted molar refractivity (Wildman–Crippen MR) is 83.7 cm³/mol. The van der Waals surface area contributed by atoms with Crippen LogP contribution in [0, 0.1) is 11.7 Å². The van der Waals surface area contributed by atoms with Crippen LogP contribution in [0.4, 0.5) is 4.39 Å². The number of nitrogens with one attached hydrogen (secondary N) is 1. The van der Waals surface area contributed by atoms with Gasteiger partial charge in [-0.3, -0.25) is 4.79 Å². The van der Waals surface area contributed by atoms with Crippen LogP contribution < -0.4 is 4.72 Å². The predicted octanol–water partition coefficient (Wildman–Crippen LogP) is 2.62. The van der Waals surface area contributed by atoms with Gasteiger partial charge in [0.05, 0.1) is 11.5 Å². The molecule has 0 saturated heterocycles. The molecule has 1 saturated carbocycles. The number of halogens is 1. The minimum absolute atomic E-state index is 0.0918. The minimum Gasteiger partial charge on any atom is -0.464 e. The lowest BCUT2D eigenvalue weighted by Gasteiger charge is -2.22. The number of rotatable bonds is 6. The Morgan fingerprint density at radius 2 is 1.87 bits per heavy atom. The van der Waals surface area contributed by atoms with Gasteiger partial charge in [0, 0.05) is 0 Å². The summed E-state index contributed by atoms with van der Waals surface area (Å²) in [5, 5.41) is 0. The van der Waals surface area contributed by atoms with E-state index in [0.29, 0.717) is 12.5 Å². The lowest BCUT2D eigenvalue weighted by Crippen LogP contribution is -2.40. The summed E-state index contributed by atoms with van der Waals surface area (Å²) >= 11 is 0. The van der Waals surface area contributed by atoms with E-state index in [9.17, 15) is 17.6 Å². The second kappa shape index (κ2) is 7.88. The molecule has 0 radical (unpaired) electrons. The van der Waals surface area contributed by atoms with Crippen LogP contribution in [0.3, 0.4) is 0 Å². The van der Waals surface area contributed by atoms with Crippen molar-refractivity contribution < 1.29 is 22.3 Å². The van der Waals surface area contributed by atoms with E-state index in [2.05, 4.69) is 4.72 Å². The van der Waals surface area contributed by atoms with E-state index in [1.165, 1.54) is 13.3 Å². The van der Waals surface area contributed by atoms with Gasteiger partial charge >= 0.3 is 5.97 Å². The molecule has 1 aliphatic rings. The first-order valence-electron chi connectivity index (χ1n) is 7.83. The number of ether oxygens (including phenoxy) is 1. The summed E-state index contributed by atoms with van der Waals surface area (Å²) in [6, 6.07) is 3.42. The summed E-state index contributed by atoms with van der Waals surface area (Å²) < 4.78 is 44.6. The minimum atomic E-state index is -3.88.